The van der Waals surface area contributed by atoms with E-state index in [1.165, 1.54) is 0 Å². The van der Waals surface area contributed by atoms with Crippen molar-refractivity contribution in [2.45, 2.75) is 19.8 Å². The van der Waals surface area contributed by atoms with E-state index in [1.807, 2.05) is 0 Å². The average Bonchev–Trinajstić information content (AvgIpc) is 1.81. The van der Waals surface area contributed by atoms with E-state index in [0.717, 1.165) is 19.4 Å². The van der Waals surface area contributed by atoms with Crippen LogP contribution in [0.5, 0.6) is 0 Å². The van der Waals surface area contributed by atoms with E-state index in [4.69, 9.17) is 9.84 Å². The number of aliphatic hydroxyl groups excluding tert-OH is 1. The van der Waals surface area contributed by atoms with E-state index in [-0.39, 0.29) is 24.0 Å². The molecule has 0 aliphatic carbocycles. The molecule has 2 nitrogen and oxygen atoms in total. The van der Waals surface area contributed by atoms with Crippen molar-refractivity contribution in [3.63, 3.8) is 0 Å². The molecule has 0 saturated heterocycles. The summed E-state index contributed by atoms with van der Waals surface area (Å²) in [6.07, 6.45) is 2.26. The minimum Gasteiger partial charge on any atom is -0.394 e. The second-order valence-electron chi connectivity index (χ2n) is 1.69. The Morgan fingerprint density at radius 2 is 2.00 bits per heavy atom. The molecule has 0 spiro atoms. The normalized spacial score (nSPS) is 8.67. The second kappa shape index (κ2) is 11.3. The lowest BCUT2D eigenvalue weighted by atomic mass is 10.4. The maximum atomic E-state index is 8.24. The van der Waals surface area contributed by atoms with Crippen LogP contribution in [0.4, 0.5) is 0 Å². The van der Waals surface area contributed by atoms with Crippen LogP contribution in [-0.4, -0.2) is 42.3 Å². The molecule has 0 radical (unpaired) electrons. The van der Waals surface area contributed by atoms with Gasteiger partial charge in [-0.15, -0.1) is 0 Å². The largest absolute Gasteiger partial charge is 0.394 e. The van der Waals surface area contributed by atoms with E-state index in [9.17, 15) is 0 Å². The summed E-state index contributed by atoms with van der Waals surface area (Å²) < 4.78 is 4.97. The fourth-order valence-electron chi connectivity index (χ4n) is 0.413. The Morgan fingerprint density at radius 1 is 1.33 bits per heavy atom. The highest BCUT2D eigenvalue weighted by molar-refractivity contribution is 5.75. The Kier molecular flexibility index (Phi) is 15.2. The first-order valence-corrected chi connectivity index (χ1v) is 3.10. The van der Waals surface area contributed by atoms with Crippen LogP contribution in [0.3, 0.4) is 0 Å². The van der Waals surface area contributed by atoms with Gasteiger partial charge in [0, 0.05) is 6.61 Å². The Balaban J connectivity index is 0. The van der Waals surface area contributed by atoms with Crippen LogP contribution >= 0.6 is 0 Å². The molecule has 0 aromatic heterocycles. The maximum Gasteiger partial charge on any atom is 0.187 e. The number of hydrogen-bond acceptors (Lipinski definition) is 2. The first-order valence-electron chi connectivity index (χ1n) is 3.10. The van der Waals surface area contributed by atoms with Gasteiger partial charge in [0.15, 0.2) is 17.4 Å². The molecule has 0 bridgehead atoms. The molecule has 0 unspecified atom stereocenters. The van der Waals surface area contributed by atoms with Crippen molar-refractivity contribution >= 4 is 17.4 Å². The summed E-state index contributed by atoms with van der Waals surface area (Å²) in [5.41, 5.74) is 0. The summed E-state index contributed by atoms with van der Waals surface area (Å²) >= 11 is 0. The molecule has 0 atom stereocenters. The Morgan fingerprint density at radius 3 is 2.44 bits per heavy atom. The van der Waals surface area contributed by atoms with E-state index in [0.29, 0.717) is 6.61 Å². The summed E-state index contributed by atoms with van der Waals surface area (Å²) in [5.74, 6) is 0. The Labute approximate surface area is 67.3 Å². The molecular weight excluding hydrogens is 131 g/mol. The van der Waals surface area contributed by atoms with Crippen molar-refractivity contribution in [2.24, 2.45) is 0 Å². The van der Waals surface area contributed by atoms with Crippen molar-refractivity contribution in [1.29, 1.82) is 0 Å². The van der Waals surface area contributed by atoms with E-state index >= 15 is 0 Å². The van der Waals surface area contributed by atoms with Crippen LogP contribution < -0.4 is 0 Å². The topological polar surface area (TPSA) is 29.5 Å². The van der Waals surface area contributed by atoms with Crippen LogP contribution in [0.1, 0.15) is 19.8 Å². The number of ether oxygens (including phenoxy) is 1. The molecular formula is C6H17AlO2. The molecule has 0 fully saturated rings. The second-order valence-corrected chi connectivity index (χ2v) is 1.69. The maximum absolute atomic E-state index is 8.24. The fourth-order valence-corrected chi connectivity index (χ4v) is 0.413. The summed E-state index contributed by atoms with van der Waals surface area (Å²) in [4.78, 5) is 0. The van der Waals surface area contributed by atoms with Gasteiger partial charge in [-0.1, -0.05) is 13.3 Å². The molecule has 0 heterocycles. The molecule has 0 saturated carbocycles. The van der Waals surface area contributed by atoms with Gasteiger partial charge in [-0.05, 0) is 6.42 Å². The van der Waals surface area contributed by atoms with E-state index in [1.54, 1.807) is 0 Å². The van der Waals surface area contributed by atoms with Crippen LogP contribution in [0.2, 0.25) is 0 Å². The Hall–Kier alpha value is 0.452. The lowest BCUT2D eigenvalue weighted by Crippen LogP contribution is -1.99. The van der Waals surface area contributed by atoms with Crippen molar-refractivity contribution in [1.82, 2.24) is 0 Å². The van der Waals surface area contributed by atoms with Crippen LogP contribution in [0, 0.1) is 0 Å². The van der Waals surface area contributed by atoms with Gasteiger partial charge in [0.2, 0.25) is 0 Å². The van der Waals surface area contributed by atoms with E-state index in [2.05, 4.69) is 6.92 Å². The third-order valence-electron chi connectivity index (χ3n) is 0.878. The fraction of sp³-hybridized carbons (Fsp3) is 1.00. The summed E-state index contributed by atoms with van der Waals surface area (Å²) in [7, 11) is 0. The molecule has 0 rings (SSSR count). The molecule has 0 aliphatic rings. The standard InChI is InChI=1S/C6H14O2.Al.3H/c1-2-3-5-8-6-4-7;;;;/h7H,2-6H2,1H3;;;;. The van der Waals surface area contributed by atoms with Gasteiger partial charge in [0.05, 0.1) is 13.2 Å². The van der Waals surface area contributed by atoms with Crippen LogP contribution in [0.15, 0.2) is 0 Å². The number of aliphatic hydroxyl groups is 1. The molecule has 9 heavy (non-hydrogen) atoms. The molecule has 0 aromatic carbocycles. The third-order valence-corrected chi connectivity index (χ3v) is 0.878. The molecule has 0 amide bonds. The lowest BCUT2D eigenvalue weighted by molar-refractivity contribution is 0.0904. The monoisotopic (exact) mass is 148 g/mol. The third kappa shape index (κ3) is 11.8. The van der Waals surface area contributed by atoms with Gasteiger partial charge in [0.1, 0.15) is 0 Å². The highest BCUT2D eigenvalue weighted by Gasteiger charge is 1.82. The zero-order chi connectivity index (χ0) is 6.24. The van der Waals surface area contributed by atoms with Crippen molar-refractivity contribution in [2.75, 3.05) is 19.8 Å². The van der Waals surface area contributed by atoms with Crippen molar-refractivity contribution in [3.8, 4) is 0 Å². The lowest BCUT2D eigenvalue weighted by Gasteiger charge is -1.97. The predicted molar refractivity (Wildman–Crippen MR) is 42.8 cm³/mol. The summed E-state index contributed by atoms with van der Waals surface area (Å²) in [6.45, 7) is 3.53. The number of rotatable bonds is 5. The zero-order valence-electron chi connectivity index (χ0n) is 5.39. The Bertz CT molecular complexity index is 36.0. The summed E-state index contributed by atoms with van der Waals surface area (Å²) in [6, 6.07) is 0. The minimum absolute atomic E-state index is 0. The molecule has 1 N–H and O–H groups in total. The molecule has 0 aliphatic heterocycles. The smallest absolute Gasteiger partial charge is 0.187 e. The average molecular weight is 148 g/mol. The number of unbranched alkanes of at least 4 members (excludes halogenated alkanes) is 1. The summed E-state index contributed by atoms with van der Waals surface area (Å²) in [5, 5.41) is 8.24. The molecule has 0 aromatic rings. The predicted octanol–water partition coefficient (Wildman–Crippen LogP) is -0.388. The number of hydrogen-bond donors (Lipinski definition) is 1. The SMILES string of the molecule is CCCCOCCO.[AlH3]. The minimum atomic E-state index is 0. The zero-order valence-corrected chi connectivity index (χ0v) is 5.39. The molecule has 56 valence electrons. The highest BCUT2D eigenvalue weighted by atomic mass is 27.0. The molecule has 3 heteroatoms. The van der Waals surface area contributed by atoms with Gasteiger partial charge in [-0.2, -0.15) is 0 Å². The van der Waals surface area contributed by atoms with Gasteiger partial charge in [-0.25, -0.2) is 0 Å². The van der Waals surface area contributed by atoms with Gasteiger partial charge in [0.25, 0.3) is 0 Å². The first-order chi connectivity index (χ1) is 3.91. The van der Waals surface area contributed by atoms with Gasteiger partial charge in [-0.3, -0.25) is 0 Å². The van der Waals surface area contributed by atoms with E-state index < -0.39 is 0 Å². The van der Waals surface area contributed by atoms with Crippen molar-refractivity contribution < 1.29 is 9.84 Å². The van der Waals surface area contributed by atoms with Crippen LogP contribution in [0.25, 0.3) is 0 Å². The van der Waals surface area contributed by atoms with Gasteiger partial charge >= 0.3 is 0 Å². The van der Waals surface area contributed by atoms with Gasteiger partial charge < -0.3 is 9.84 Å². The highest BCUT2D eigenvalue weighted by Crippen LogP contribution is 1.85. The van der Waals surface area contributed by atoms with Crippen LogP contribution in [-0.2, 0) is 4.74 Å². The first kappa shape index (κ1) is 12.2. The van der Waals surface area contributed by atoms with Crippen molar-refractivity contribution in [3.05, 3.63) is 0 Å². The quantitative estimate of drug-likeness (QED) is 0.425.